The predicted molar refractivity (Wildman–Crippen MR) is 87.3 cm³/mol. The average molecular weight is 374 g/mol. The van der Waals surface area contributed by atoms with Crippen LogP contribution in [0.25, 0.3) is 0 Å². The van der Waals surface area contributed by atoms with Gasteiger partial charge in [-0.3, -0.25) is 0 Å². The molecule has 0 bridgehead atoms. The van der Waals surface area contributed by atoms with Crippen LogP contribution in [-0.2, 0) is 23.7 Å². The van der Waals surface area contributed by atoms with Crippen LogP contribution in [0.4, 0.5) is 8.78 Å². The molecule has 0 aromatic rings. The number of halogens is 2. The molecule has 2 N–H and O–H groups in total. The summed E-state index contributed by atoms with van der Waals surface area (Å²) >= 11 is 0. The van der Waals surface area contributed by atoms with Crippen LogP contribution in [0.5, 0.6) is 0 Å². The Kier molecular flexibility index (Phi) is 14.5. The summed E-state index contributed by atoms with van der Waals surface area (Å²) in [7, 11) is 0. The van der Waals surface area contributed by atoms with E-state index in [4.69, 9.17) is 23.7 Å². The SMILES string of the molecule is CC(O)(CF)COCCOCCOCCOCCOCC(C)(O)CF. The van der Waals surface area contributed by atoms with E-state index in [-0.39, 0.29) is 26.4 Å². The second kappa shape index (κ2) is 14.7. The van der Waals surface area contributed by atoms with Gasteiger partial charge in [-0.1, -0.05) is 0 Å². The Labute approximate surface area is 148 Å². The first-order valence-electron chi connectivity index (χ1n) is 8.28. The zero-order chi connectivity index (χ0) is 19.0. The standard InChI is InChI=1S/C16H32F2O7/c1-15(19,11-17)13-24-9-7-22-5-3-21-4-6-23-8-10-25-14-16(2,20)12-18/h19-20H,3-14H2,1-2H3. The van der Waals surface area contributed by atoms with Crippen molar-refractivity contribution in [2.75, 3.05) is 79.4 Å². The van der Waals surface area contributed by atoms with E-state index in [1.54, 1.807) is 0 Å². The van der Waals surface area contributed by atoms with E-state index in [1.807, 2.05) is 0 Å². The fraction of sp³-hybridized carbons (Fsp3) is 1.00. The molecule has 0 radical (unpaired) electrons. The Bertz CT molecular complexity index is 276. The van der Waals surface area contributed by atoms with Gasteiger partial charge >= 0.3 is 0 Å². The zero-order valence-electron chi connectivity index (χ0n) is 15.2. The van der Waals surface area contributed by atoms with Gasteiger partial charge in [0.1, 0.15) is 24.6 Å². The first kappa shape index (κ1) is 24.6. The maximum absolute atomic E-state index is 12.3. The van der Waals surface area contributed by atoms with E-state index >= 15 is 0 Å². The summed E-state index contributed by atoms with van der Waals surface area (Å²) < 4.78 is 50.5. The molecule has 0 aliphatic carbocycles. The number of hydrogen-bond acceptors (Lipinski definition) is 7. The summed E-state index contributed by atoms with van der Waals surface area (Å²) in [6.07, 6.45) is 0. The van der Waals surface area contributed by atoms with Gasteiger partial charge in [0.15, 0.2) is 0 Å². The van der Waals surface area contributed by atoms with Gasteiger partial charge < -0.3 is 33.9 Å². The zero-order valence-corrected chi connectivity index (χ0v) is 15.2. The molecule has 0 heterocycles. The van der Waals surface area contributed by atoms with Gasteiger partial charge in [-0.05, 0) is 13.8 Å². The maximum atomic E-state index is 12.3. The van der Waals surface area contributed by atoms with Gasteiger partial charge in [0.25, 0.3) is 0 Å². The summed E-state index contributed by atoms with van der Waals surface area (Å²) in [5, 5.41) is 18.7. The molecule has 0 saturated carbocycles. The van der Waals surface area contributed by atoms with Crippen molar-refractivity contribution in [2.45, 2.75) is 25.0 Å². The molecule has 152 valence electrons. The van der Waals surface area contributed by atoms with Crippen molar-refractivity contribution >= 4 is 0 Å². The first-order valence-corrected chi connectivity index (χ1v) is 8.28. The van der Waals surface area contributed by atoms with Crippen LogP contribution in [0, 0.1) is 0 Å². The van der Waals surface area contributed by atoms with Crippen molar-refractivity contribution in [3.63, 3.8) is 0 Å². The highest BCUT2D eigenvalue weighted by atomic mass is 19.1. The molecule has 0 aliphatic heterocycles. The molecule has 2 atom stereocenters. The van der Waals surface area contributed by atoms with Crippen molar-refractivity contribution < 1.29 is 42.7 Å². The highest BCUT2D eigenvalue weighted by Crippen LogP contribution is 2.04. The highest BCUT2D eigenvalue weighted by molar-refractivity contribution is 4.70. The van der Waals surface area contributed by atoms with Crippen LogP contribution in [0.2, 0.25) is 0 Å². The largest absolute Gasteiger partial charge is 0.385 e. The second-order valence-electron chi connectivity index (χ2n) is 6.20. The summed E-state index contributed by atoms with van der Waals surface area (Å²) in [5.74, 6) is 0. The lowest BCUT2D eigenvalue weighted by Crippen LogP contribution is -2.33. The Morgan fingerprint density at radius 3 is 1.04 bits per heavy atom. The van der Waals surface area contributed by atoms with Crippen molar-refractivity contribution in [1.82, 2.24) is 0 Å². The van der Waals surface area contributed by atoms with Crippen LogP contribution in [0.3, 0.4) is 0 Å². The fourth-order valence-corrected chi connectivity index (χ4v) is 1.44. The molecule has 25 heavy (non-hydrogen) atoms. The smallest absolute Gasteiger partial charge is 0.120 e. The van der Waals surface area contributed by atoms with E-state index in [0.29, 0.717) is 39.6 Å². The Morgan fingerprint density at radius 2 is 0.800 bits per heavy atom. The van der Waals surface area contributed by atoms with Crippen molar-refractivity contribution in [2.24, 2.45) is 0 Å². The quantitative estimate of drug-likeness (QED) is 0.338. The minimum Gasteiger partial charge on any atom is -0.385 e. The van der Waals surface area contributed by atoms with Gasteiger partial charge in [0, 0.05) is 0 Å². The summed E-state index contributed by atoms with van der Waals surface area (Å²) in [4.78, 5) is 0. The number of hydrogen-bond donors (Lipinski definition) is 2. The molecule has 0 saturated heterocycles. The van der Waals surface area contributed by atoms with Crippen molar-refractivity contribution in [3.8, 4) is 0 Å². The van der Waals surface area contributed by atoms with Crippen LogP contribution < -0.4 is 0 Å². The molecule has 7 nitrogen and oxygen atoms in total. The summed E-state index contributed by atoms with van der Waals surface area (Å²) in [5.41, 5.74) is -2.89. The third kappa shape index (κ3) is 16.8. The Balaban J connectivity index is 3.17. The lowest BCUT2D eigenvalue weighted by Gasteiger charge is -2.18. The number of rotatable bonds is 18. The topological polar surface area (TPSA) is 86.6 Å². The normalized spacial score (nSPS) is 16.6. The second-order valence-corrected chi connectivity index (χ2v) is 6.20. The molecule has 0 fully saturated rings. The third-order valence-corrected chi connectivity index (χ3v) is 2.89. The molecular formula is C16H32F2O7. The van der Waals surface area contributed by atoms with Crippen molar-refractivity contribution in [1.29, 1.82) is 0 Å². The van der Waals surface area contributed by atoms with Crippen LogP contribution >= 0.6 is 0 Å². The van der Waals surface area contributed by atoms with Gasteiger partial charge in [-0.15, -0.1) is 0 Å². The Morgan fingerprint density at radius 1 is 0.560 bits per heavy atom. The summed E-state index contributed by atoms with van der Waals surface area (Å²) in [6, 6.07) is 0. The maximum Gasteiger partial charge on any atom is 0.120 e. The molecule has 0 amide bonds. The van der Waals surface area contributed by atoms with Crippen LogP contribution in [0.1, 0.15) is 13.8 Å². The minimum absolute atomic E-state index is 0.0737. The van der Waals surface area contributed by atoms with Gasteiger partial charge in [0.05, 0.1) is 66.1 Å². The molecule has 0 rings (SSSR count). The van der Waals surface area contributed by atoms with E-state index < -0.39 is 24.6 Å². The average Bonchev–Trinajstić information content (AvgIpc) is 2.58. The molecule has 0 aromatic carbocycles. The van der Waals surface area contributed by atoms with Gasteiger partial charge in [-0.25, -0.2) is 8.78 Å². The van der Waals surface area contributed by atoms with E-state index in [1.165, 1.54) is 13.8 Å². The van der Waals surface area contributed by atoms with E-state index in [0.717, 1.165) is 0 Å². The fourth-order valence-electron chi connectivity index (χ4n) is 1.44. The third-order valence-electron chi connectivity index (χ3n) is 2.89. The highest BCUT2D eigenvalue weighted by Gasteiger charge is 2.20. The molecule has 0 spiro atoms. The van der Waals surface area contributed by atoms with Crippen molar-refractivity contribution in [3.05, 3.63) is 0 Å². The van der Waals surface area contributed by atoms with E-state index in [9.17, 15) is 19.0 Å². The predicted octanol–water partition coefficient (Wildman–Crippen LogP) is 0.510. The number of aliphatic hydroxyl groups is 2. The summed E-state index contributed by atoms with van der Waals surface area (Å²) in [6.45, 7) is 3.69. The lowest BCUT2D eigenvalue weighted by atomic mass is 10.1. The van der Waals surface area contributed by atoms with E-state index in [2.05, 4.69) is 0 Å². The molecular weight excluding hydrogens is 342 g/mol. The number of alkyl halides is 2. The van der Waals surface area contributed by atoms with Crippen LogP contribution in [-0.4, -0.2) is 101 Å². The molecule has 0 aromatic heterocycles. The van der Waals surface area contributed by atoms with Crippen LogP contribution in [0.15, 0.2) is 0 Å². The molecule has 9 heteroatoms. The molecule has 0 aliphatic rings. The first-order chi connectivity index (χ1) is 11.8. The number of ether oxygens (including phenoxy) is 5. The minimum atomic E-state index is -1.45. The Hall–Kier alpha value is -0.420. The lowest BCUT2D eigenvalue weighted by molar-refractivity contribution is -0.0659. The molecule has 2 unspecified atom stereocenters. The monoisotopic (exact) mass is 374 g/mol. The van der Waals surface area contributed by atoms with Gasteiger partial charge in [-0.2, -0.15) is 0 Å². The van der Waals surface area contributed by atoms with Gasteiger partial charge in [0.2, 0.25) is 0 Å².